The number of nitro groups is 1. The van der Waals surface area contributed by atoms with E-state index in [4.69, 9.17) is 16.3 Å². The molecule has 2 aromatic rings. The lowest BCUT2D eigenvalue weighted by molar-refractivity contribution is -0.385. The van der Waals surface area contributed by atoms with Crippen molar-refractivity contribution in [3.63, 3.8) is 0 Å². The molecule has 0 atom stereocenters. The van der Waals surface area contributed by atoms with Gasteiger partial charge < -0.3 is 4.74 Å². The van der Waals surface area contributed by atoms with Gasteiger partial charge in [0.1, 0.15) is 0 Å². The Morgan fingerprint density at radius 1 is 1.39 bits per heavy atom. The average molecular weight is 284 g/mol. The molecule has 0 unspecified atom stereocenters. The molecule has 0 saturated heterocycles. The second kappa shape index (κ2) is 5.84. The van der Waals surface area contributed by atoms with Crippen molar-refractivity contribution in [3.8, 4) is 5.75 Å². The fraction of sp³-hybridized carbons (Fsp3) is 0.167. The quantitative estimate of drug-likeness (QED) is 0.617. The van der Waals surface area contributed by atoms with Gasteiger partial charge in [-0.3, -0.25) is 10.1 Å². The fourth-order valence-electron chi connectivity index (χ4n) is 1.47. The molecule has 1 aromatic carbocycles. The number of rotatable bonds is 5. The van der Waals surface area contributed by atoms with E-state index >= 15 is 0 Å². The first-order valence-corrected chi connectivity index (χ1v) is 6.56. The lowest BCUT2D eigenvalue weighted by atomic mass is 10.2. The van der Waals surface area contributed by atoms with Gasteiger partial charge in [-0.2, -0.15) is 11.3 Å². The normalized spacial score (nSPS) is 10.3. The summed E-state index contributed by atoms with van der Waals surface area (Å²) in [6, 6.07) is 6.29. The molecule has 4 nitrogen and oxygen atoms in total. The highest BCUT2D eigenvalue weighted by molar-refractivity contribution is 7.07. The minimum atomic E-state index is -0.476. The molecule has 0 radical (unpaired) electrons. The third-order valence-corrected chi connectivity index (χ3v) is 3.31. The van der Waals surface area contributed by atoms with Crippen molar-refractivity contribution in [3.05, 3.63) is 55.7 Å². The lowest BCUT2D eigenvalue weighted by Gasteiger charge is -2.06. The molecule has 0 aliphatic carbocycles. The van der Waals surface area contributed by atoms with Crippen LogP contribution in [0.15, 0.2) is 35.0 Å². The second-order valence-corrected chi connectivity index (χ2v) is 4.82. The highest BCUT2D eigenvalue weighted by Gasteiger charge is 2.15. The van der Waals surface area contributed by atoms with E-state index in [1.165, 1.54) is 18.2 Å². The number of hydrogen-bond acceptors (Lipinski definition) is 4. The van der Waals surface area contributed by atoms with Crippen LogP contribution in [-0.4, -0.2) is 11.5 Å². The van der Waals surface area contributed by atoms with Gasteiger partial charge in [0.15, 0.2) is 5.75 Å². The maximum Gasteiger partial charge on any atom is 0.311 e. The Kier molecular flexibility index (Phi) is 4.17. The highest BCUT2D eigenvalue weighted by atomic mass is 35.5. The molecule has 0 N–H and O–H groups in total. The predicted molar refractivity (Wildman–Crippen MR) is 71.6 cm³/mol. The maximum atomic E-state index is 10.8. The molecule has 18 heavy (non-hydrogen) atoms. The van der Waals surface area contributed by atoms with E-state index in [0.29, 0.717) is 18.1 Å². The smallest absolute Gasteiger partial charge is 0.311 e. The van der Waals surface area contributed by atoms with Gasteiger partial charge in [-0.15, -0.1) is 0 Å². The van der Waals surface area contributed by atoms with Crippen LogP contribution < -0.4 is 4.74 Å². The van der Waals surface area contributed by atoms with Crippen LogP contribution in [0.3, 0.4) is 0 Å². The molecule has 2 rings (SSSR count). The van der Waals surface area contributed by atoms with Crippen molar-refractivity contribution in [1.82, 2.24) is 0 Å². The van der Waals surface area contributed by atoms with E-state index in [1.54, 1.807) is 11.3 Å². The zero-order valence-electron chi connectivity index (χ0n) is 9.34. The van der Waals surface area contributed by atoms with Gasteiger partial charge in [-0.1, -0.05) is 11.6 Å². The topological polar surface area (TPSA) is 52.4 Å². The van der Waals surface area contributed by atoms with Crippen LogP contribution in [0, 0.1) is 10.1 Å². The highest BCUT2D eigenvalue weighted by Crippen LogP contribution is 2.29. The van der Waals surface area contributed by atoms with Crippen LogP contribution in [0.4, 0.5) is 5.69 Å². The first-order chi connectivity index (χ1) is 8.66. The third-order valence-electron chi connectivity index (χ3n) is 2.35. The largest absolute Gasteiger partial charge is 0.486 e. The SMILES string of the molecule is O=[N+]([O-])c1ccc(Cl)cc1OCCc1ccsc1. The van der Waals surface area contributed by atoms with E-state index in [0.717, 1.165) is 5.56 Å². The van der Waals surface area contributed by atoms with Crippen molar-refractivity contribution in [2.75, 3.05) is 6.61 Å². The summed E-state index contributed by atoms with van der Waals surface area (Å²) in [6.45, 7) is 0.387. The van der Waals surface area contributed by atoms with Gasteiger partial charge in [0.05, 0.1) is 11.5 Å². The Morgan fingerprint density at radius 2 is 2.22 bits per heavy atom. The molecule has 0 bridgehead atoms. The average Bonchev–Trinajstić information content (AvgIpc) is 2.82. The van der Waals surface area contributed by atoms with Gasteiger partial charge in [0, 0.05) is 23.6 Å². The summed E-state index contributed by atoms with van der Waals surface area (Å²) in [7, 11) is 0. The van der Waals surface area contributed by atoms with Crippen LogP contribution in [0.2, 0.25) is 5.02 Å². The summed E-state index contributed by atoms with van der Waals surface area (Å²) >= 11 is 7.41. The van der Waals surface area contributed by atoms with Crippen LogP contribution in [0.1, 0.15) is 5.56 Å². The molecular formula is C12H10ClNO3S. The van der Waals surface area contributed by atoms with Gasteiger partial charge in [-0.05, 0) is 28.5 Å². The van der Waals surface area contributed by atoms with Crippen LogP contribution >= 0.6 is 22.9 Å². The number of nitrogens with zero attached hydrogens (tertiary/aromatic N) is 1. The Hall–Kier alpha value is -1.59. The summed E-state index contributed by atoms with van der Waals surface area (Å²) < 4.78 is 5.43. The van der Waals surface area contributed by atoms with E-state index in [1.807, 2.05) is 16.8 Å². The molecular weight excluding hydrogens is 274 g/mol. The van der Waals surface area contributed by atoms with E-state index in [2.05, 4.69) is 0 Å². The number of halogens is 1. The maximum absolute atomic E-state index is 10.8. The zero-order valence-corrected chi connectivity index (χ0v) is 10.9. The summed E-state index contributed by atoms with van der Waals surface area (Å²) in [5.41, 5.74) is 1.09. The molecule has 0 saturated carbocycles. The zero-order chi connectivity index (χ0) is 13.0. The van der Waals surface area contributed by atoms with E-state index in [-0.39, 0.29) is 11.4 Å². The van der Waals surface area contributed by atoms with Crippen molar-refractivity contribution in [2.24, 2.45) is 0 Å². The summed E-state index contributed by atoms with van der Waals surface area (Å²) in [4.78, 5) is 10.3. The van der Waals surface area contributed by atoms with Crippen molar-refractivity contribution in [1.29, 1.82) is 0 Å². The minimum absolute atomic E-state index is 0.0651. The monoisotopic (exact) mass is 283 g/mol. The molecule has 0 spiro atoms. The Bertz CT molecular complexity index is 542. The number of ether oxygens (including phenoxy) is 1. The van der Waals surface area contributed by atoms with Gasteiger partial charge in [0.25, 0.3) is 0 Å². The predicted octanol–water partition coefficient (Wildman–Crippen LogP) is 3.93. The van der Waals surface area contributed by atoms with Crippen LogP contribution in [0.5, 0.6) is 5.75 Å². The number of hydrogen-bond donors (Lipinski definition) is 0. The van der Waals surface area contributed by atoms with E-state index in [9.17, 15) is 10.1 Å². The molecule has 1 heterocycles. The molecule has 1 aromatic heterocycles. The summed E-state index contributed by atoms with van der Waals surface area (Å²) in [5, 5.41) is 15.2. The lowest BCUT2D eigenvalue weighted by Crippen LogP contribution is -2.02. The summed E-state index contributed by atoms with van der Waals surface area (Å²) in [6.07, 6.45) is 0.715. The van der Waals surface area contributed by atoms with Crippen molar-refractivity contribution in [2.45, 2.75) is 6.42 Å². The number of thiophene rings is 1. The van der Waals surface area contributed by atoms with Gasteiger partial charge in [-0.25, -0.2) is 0 Å². The molecule has 0 fully saturated rings. The van der Waals surface area contributed by atoms with Gasteiger partial charge >= 0.3 is 5.69 Å². The fourth-order valence-corrected chi connectivity index (χ4v) is 2.33. The van der Waals surface area contributed by atoms with Crippen LogP contribution in [0.25, 0.3) is 0 Å². The molecule has 94 valence electrons. The minimum Gasteiger partial charge on any atom is -0.486 e. The summed E-state index contributed by atoms with van der Waals surface area (Å²) in [5.74, 6) is 0.211. The third kappa shape index (κ3) is 3.21. The first-order valence-electron chi connectivity index (χ1n) is 5.24. The van der Waals surface area contributed by atoms with Gasteiger partial charge in [0.2, 0.25) is 0 Å². The first kappa shape index (κ1) is 12.9. The Balaban J connectivity index is 2.03. The standard InChI is InChI=1S/C12H10ClNO3S/c13-10-1-2-11(14(15)16)12(7-10)17-5-3-9-4-6-18-8-9/h1-2,4,6-8H,3,5H2. The van der Waals surface area contributed by atoms with Crippen LogP contribution in [-0.2, 0) is 6.42 Å². The number of nitro benzene ring substituents is 1. The van der Waals surface area contributed by atoms with Crippen molar-refractivity contribution < 1.29 is 9.66 Å². The Morgan fingerprint density at radius 3 is 2.89 bits per heavy atom. The second-order valence-electron chi connectivity index (χ2n) is 3.60. The number of benzene rings is 1. The molecule has 6 heteroatoms. The Labute approximate surface area is 113 Å². The molecule has 0 aliphatic rings. The molecule has 0 aliphatic heterocycles. The van der Waals surface area contributed by atoms with Crippen molar-refractivity contribution >= 4 is 28.6 Å². The molecule has 0 amide bonds. The van der Waals surface area contributed by atoms with E-state index < -0.39 is 4.92 Å².